The highest BCUT2D eigenvalue weighted by molar-refractivity contribution is 5.86. The van der Waals surface area contributed by atoms with Crippen LogP contribution in [0.4, 0.5) is 13.6 Å². The van der Waals surface area contributed by atoms with Gasteiger partial charge in [-0.05, 0) is 25.0 Å². The molecule has 8 heteroatoms. The average Bonchev–Trinajstić information content (AvgIpc) is 2.99. The molecular weight excluding hydrogens is 298 g/mol. The average molecular weight is 314 g/mol. The number of carbonyl (C=O) groups excluding carboxylic acids is 2. The summed E-state index contributed by atoms with van der Waals surface area (Å²) in [6.45, 7) is 0.267. The summed E-state index contributed by atoms with van der Waals surface area (Å²) < 4.78 is 31.8. The predicted octanol–water partition coefficient (Wildman–Crippen LogP) is 1.95. The molecule has 22 heavy (non-hydrogen) atoms. The van der Waals surface area contributed by atoms with Crippen LogP contribution >= 0.6 is 0 Å². The molecular formula is C14H16F2N2O4. The molecule has 1 fully saturated rings. The zero-order valence-corrected chi connectivity index (χ0v) is 12.2. The van der Waals surface area contributed by atoms with Crippen LogP contribution < -0.4 is 4.74 Å². The maximum absolute atomic E-state index is 13.5. The van der Waals surface area contributed by atoms with Gasteiger partial charge in [-0.2, -0.15) is 0 Å². The molecule has 2 rings (SSSR count). The molecule has 1 unspecified atom stereocenters. The van der Waals surface area contributed by atoms with Gasteiger partial charge >= 0.3 is 6.09 Å². The Morgan fingerprint density at radius 3 is 2.55 bits per heavy atom. The molecule has 2 amide bonds. The van der Waals surface area contributed by atoms with Crippen molar-refractivity contribution in [1.29, 1.82) is 0 Å². The third kappa shape index (κ3) is 3.16. The molecule has 1 atom stereocenters. The molecule has 1 aliphatic heterocycles. The number of carbonyl (C=O) groups is 2. The van der Waals surface area contributed by atoms with Crippen molar-refractivity contribution >= 4 is 12.0 Å². The van der Waals surface area contributed by atoms with Crippen molar-refractivity contribution in [3.63, 3.8) is 0 Å². The van der Waals surface area contributed by atoms with E-state index in [-0.39, 0.29) is 6.54 Å². The van der Waals surface area contributed by atoms with E-state index in [4.69, 9.17) is 9.57 Å². The Balaban J connectivity index is 2.13. The first-order valence-electron chi connectivity index (χ1n) is 6.70. The lowest BCUT2D eigenvalue weighted by atomic mass is 10.2. The van der Waals surface area contributed by atoms with E-state index in [1.165, 1.54) is 14.2 Å². The van der Waals surface area contributed by atoms with Gasteiger partial charge in [-0.15, -0.1) is 0 Å². The number of amides is 2. The number of halogens is 2. The summed E-state index contributed by atoms with van der Waals surface area (Å²) in [6, 6.07) is 2.36. The van der Waals surface area contributed by atoms with Crippen molar-refractivity contribution < 1.29 is 27.9 Å². The summed E-state index contributed by atoms with van der Waals surface area (Å²) in [5, 5.41) is 1.000. The van der Waals surface area contributed by atoms with Gasteiger partial charge in [0, 0.05) is 13.6 Å². The lowest BCUT2D eigenvalue weighted by molar-refractivity contribution is -0.173. The van der Waals surface area contributed by atoms with E-state index in [9.17, 15) is 18.4 Å². The van der Waals surface area contributed by atoms with Gasteiger partial charge < -0.3 is 4.74 Å². The van der Waals surface area contributed by atoms with E-state index in [0.717, 1.165) is 28.2 Å². The molecule has 1 heterocycles. The Morgan fingerprint density at radius 2 is 1.95 bits per heavy atom. The van der Waals surface area contributed by atoms with Crippen LogP contribution in [0.1, 0.15) is 12.8 Å². The fourth-order valence-corrected chi connectivity index (χ4v) is 2.27. The quantitative estimate of drug-likeness (QED) is 0.800. The summed E-state index contributed by atoms with van der Waals surface area (Å²) in [6.07, 6.45) is 0.0499. The summed E-state index contributed by atoms with van der Waals surface area (Å²) in [4.78, 5) is 30.1. The number of likely N-dealkylation sites (tertiary alicyclic amines) is 1. The normalized spacial score (nSPS) is 17.5. The fraction of sp³-hybridized carbons (Fsp3) is 0.429. The molecule has 1 aliphatic rings. The summed E-state index contributed by atoms with van der Waals surface area (Å²) in [7, 11) is 2.74. The molecule has 120 valence electrons. The monoisotopic (exact) mass is 314 g/mol. The maximum atomic E-state index is 13.5. The first kappa shape index (κ1) is 16.2. The molecule has 1 aromatic carbocycles. The van der Waals surface area contributed by atoms with E-state index in [0.29, 0.717) is 12.8 Å². The van der Waals surface area contributed by atoms with Crippen LogP contribution in [0, 0.1) is 11.6 Å². The molecule has 0 aliphatic carbocycles. The van der Waals surface area contributed by atoms with E-state index >= 15 is 0 Å². The summed E-state index contributed by atoms with van der Waals surface area (Å²) in [5.74, 6) is -3.16. The topological polar surface area (TPSA) is 59.1 Å². The van der Waals surface area contributed by atoms with Crippen LogP contribution in [0.2, 0.25) is 0 Å². The Labute approximate surface area is 126 Å². The molecule has 0 aromatic heterocycles. The number of benzene rings is 1. The van der Waals surface area contributed by atoms with Crippen LogP contribution in [0.3, 0.4) is 0 Å². The van der Waals surface area contributed by atoms with Gasteiger partial charge in [-0.1, -0.05) is 6.07 Å². The second kappa shape index (κ2) is 6.69. The van der Waals surface area contributed by atoms with Gasteiger partial charge in [0.05, 0.1) is 7.11 Å². The number of likely N-dealkylation sites (N-methyl/N-ethyl adjacent to an activating group) is 1. The van der Waals surface area contributed by atoms with Crippen molar-refractivity contribution in [1.82, 2.24) is 9.96 Å². The predicted molar refractivity (Wildman–Crippen MR) is 71.9 cm³/mol. The third-order valence-electron chi connectivity index (χ3n) is 3.46. The first-order valence-corrected chi connectivity index (χ1v) is 6.70. The van der Waals surface area contributed by atoms with Crippen molar-refractivity contribution in [3.8, 4) is 5.75 Å². The van der Waals surface area contributed by atoms with Gasteiger partial charge in [0.15, 0.2) is 11.6 Å². The number of para-hydroxylation sites is 1. The minimum absolute atomic E-state index is 0.267. The second-order valence-electron chi connectivity index (χ2n) is 4.79. The summed E-state index contributed by atoms with van der Waals surface area (Å²) >= 11 is 0. The van der Waals surface area contributed by atoms with Crippen LogP contribution in [-0.4, -0.2) is 48.7 Å². The highest BCUT2D eigenvalue weighted by Crippen LogP contribution is 2.25. The van der Waals surface area contributed by atoms with Crippen molar-refractivity contribution in [2.75, 3.05) is 20.7 Å². The Hall–Kier alpha value is -2.22. The van der Waals surface area contributed by atoms with Crippen LogP contribution in [-0.2, 0) is 9.63 Å². The van der Waals surface area contributed by atoms with Gasteiger partial charge in [-0.3, -0.25) is 14.5 Å². The number of ether oxygens (including phenoxy) is 1. The van der Waals surface area contributed by atoms with Crippen molar-refractivity contribution in [3.05, 3.63) is 29.8 Å². The van der Waals surface area contributed by atoms with Crippen LogP contribution in [0.25, 0.3) is 0 Å². The molecule has 0 N–H and O–H groups in total. The molecule has 0 radical (unpaired) electrons. The fourth-order valence-electron chi connectivity index (χ4n) is 2.27. The number of hydroxylamine groups is 2. The number of nitrogens with zero attached hydrogens (tertiary/aromatic N) is 2. The standard InChI is InChI=1S/C14H16F2N2O4/c1-17(21-2)13(19)11-7-4-8-18(11)14(20)22-12-9(15)5-3-6-10(12)16/h3,5-6,11H,4,7-8H2,1-2H3. The van der Waals surface area contributed by atoms with E-state index < -0.39 is 35.4 Å². The molecule has 1 saturated heterocycles. The molecule has 0 saturated carbocycles. The Kier molecular flexibility index (Phi) is 4.92. The molecule has 6 nitrogen and oxygen atoms in total. The highest BCUT2D eigenvalue weighted by atomic mass is 19.1. The highest BCUT2D eigenvalue weighted by Gasteiger charge is 2.37. The minimum atomic E-state index is -0.982. The van der Waals surface area contributed by atoms with Gasteiger partial charge in [-0.25, -0.2) is 18.6 Å². The third-order valence-corrected chi connectivity index (χ3v) is 3.46. The zero-order chi connectivity index (χ0) is 16.3. The lowest BCUT2D eigenvalue weighted by Gasteiger charge is -2.26. The van der Waals surface area contributed by atoms with Gasteiger partial charge in [0.2, 0.25) is 5.75 Å². The number of rotatable bonds is 3. The van der Waals surface area contributed by atoms with E-state index in [1.807, 2.05) is 0 Å². The molecule has 1 aromatic rings. The first-order chi connectivity index (χ1) is 10.5. The number of hydrogen-bond acceptors (Lipinski definition) is 4. The van der Waals surface area contributed by atoms with Crippen LogP contribution in [0.5, 0.6) is 5.75 Å². The molecule has 0 bridgehead atoms. The van der Waals surface area contributed by atoms with Crippen molar-refractivity contribution in [2.24, 2.45) is 0 Å². The summed E-state index contributed by atoms with van der Waals surface area (Å²) in [5.41, 5.74) is 0. The van der Waals surface area contributed by atoms with Crippen LogP contribution in [0.15, 0.2) is 18.2 Å². The largest absolute Gasteiger partial charge is 0.416 e. The Bertz CT molecular complexity index is 562. The molecule has 0 spiro atoms. The van der Waals surface area contributed by atoms with E-state index in [2.05, 4.69) is 0 Å². The van der Waals surface area contributed by atoms with Crippen molar-refractivity contribution in [2.45, 2.75) is 18.9 Å². The maximum Gasteiger partial charge on any atom is 0.416 e. The van der Waals surface area contributed by atoms with Gasteiger partial charge in [0.25, 0.3) is 5.91 Å². The number of hydrogen-bond donors (Lipinski definition) is 0. The Morgan fingerprint density at radius 1 is 1.32 bits per heavy atom. The second-order valence-corrected chi connectivity index (χ2v) is 4.79. The SMILES string of the molecule is CON(C)C(=O)C1CCCN1C(=O)Oc1c(F)cccc1F. The lowest BCUT2D eigenvalue weighted by Crippen LogP contribution is -2.47. The minimum Gasteiger partial charge on any atom is -0.404 e. The van der Waals surface area contributed by atoms with E-state index in [1.54, 1.807) is 0 Å². The smallest absolute Gasteiger partial charge is 0.404 e. The van der Waals surface area contributed by atoms with Gasteiger partial charge in [0.1, 0.15) is 6.04 Å². The zero-order valence-electron chi connectivity index (χ0n) is 12.2.